The fourth-order valence-electron chi connectivity index (χ4n) is 5.10. The van der Waals surface area contributed by atoms with E-state index in [0.29, 0.717) is 16.5 Å². The fraction of sp³-hybridized carbons (Fsp3) is 0.222. The van der Waals surface area contributed by atoms with Crippen molar-refractivity contribution < 1.29 is 27.1 Å². The number of amides is 1. The molecule has 204 valence electrons. The Morgan fingerprint density at radius 1 is 1.07 bits per heavy atom. The number of benzene rings is 2. The molecule has 2 aromatic carbocycles. The molecule has 0 radical (unpaired) electrons. The van der Waals surface area contributed by atoms with E-state index in [4.69, 9.17) is 4.74 Å². The second-order valence-electron chi connectivity index (χ2n) is 9.38. The van der Waals surface area contributed by atoms with Crippen LogP contribution in [0, 0.1) is 5.82 Å². The van der Waals surface area contributed by atoms with Gasteiger partial charge in [0.05, 0.1) is 19.0 Å². The molecule has 0 atom stereocenters. The first-order chi connectivity index (χ1) is 19.1. The molecule has 0 saturated heterocycles. The topological polar surface area (TPSA) is 91.0 Å². The Balaban J connectivity index is 1.52. The minimum absolute atomic E-state index is 0.0328. The summed E-state index contributed by atoms with van der Waals surface area (Å²) in [5.41, 5.74) is 0.775. The van der Waals surface area contributed by atoms with Gasteiger partial charge in [-0.2, -0.15) is 18.3 Å². The number of methoxy groups -OCH3 is 1. The SMILES string of the molecule is COc1cc2c(N3CCc4c(cc(Cn5ccnc5)cc4-c4cn(C)nc4C(F)(F)F)C3=O)ncnc2cc1F. The second-order valence-corrected chi connectivity index (χ2v) is 9.38. The molecule has 0 N–H and O–H groups in total. The van der Waals surface area contributed by atoms with E-state index < -0.39 is 23.6 Å². The highest BCUT2D eigenvalue weighted by atomic mass is 19.4. The number of aromatic nitrogens is 6. The molecular weight excluding hydrogens is 530 g/mol. The number of fused-ring (bicyclic) bond motifs is 2. The number of carbonyl (C=O) groups is 1. The van der Waals surface area contributed by atoms with Crippen molar-refractivity contribution in [3.8, 4) is 16.9 Å². The van der Waals surface area contributed by atoms with Crippen molar-refractivity contribution in [2.24, 2.45) is 7.05 Å². The number of carbonyl (C=O) groups excluding carboxylic acids is 1. The zero-order valence-electron chi connectivity index (χ0n) is 21.3. The lowest BCUT2D eigenvalue weighted by Gasteiger charge is -2.30. The Bertz CT molecular complexity index is 1760. The molecule has 1 aliphatic rings. The van der Waals surface area contributed by atoms with E-state index in [2.05, 4.69) is 20.1 Å². The Kier molecular flexibility index (Phi) is 6.01. The van der Waals surface area contributed by atoms with Gasteiger partial charge in [0.15, 0.2) is 17.3 Å². The Morgan fingerprint density at radius 3 is 2.60 bits per heavy atom. The summed E-state index contributed by atoms with van der Waals surface area (Å²) >= 11 is 0. The predicted octanol–water partition coefficient (Wildman–Crippen LogP) is 4.64. The number of rotatable bonds is 5. The van der Waals surface area contributed by atoms with Crippen LogP contribution in [0.4, 0.5) is 23.4 Å². The van der Waals surface area contributed by atoms with Crippen LogP contribution in [0.15, 0.2) is 55.5 Å². The normalized spacial score (nSPS) is 13.7. The van der Waals surface area contributed by atoms with Crippen molar-refractivity contribution in [1.29, 1.82) is 0 Å². The van der Waals surface area contributed by atoms with Crippen molar-refractivity contribution in [3.05, 3.63) is 83.7 Å². The van der Waals surface area contributed by atoms with Gasteiger partial charge in [-0.15, -0.1) is 0 Å². The minimum atomic E-state index is -4.69. The van der Waals surface area contributed by atoms with Gasteiger partial charge in [0.2, 0.25) is 0 Å². The van der Waals surface area contributed by atoms with Crippen molar-refractivity contribution >= 4 is 22.6 Å². The van der Waals surface area contributed by atoms with Gasteiger partial charge in [-0.3, -0.25) is 14.4 Å². The number of ether oxygens (including phenoxy) is 1. The summed E-state index contributed by atoms with van der Waals surface area (Å²) in [7, 11) is 2.75. The average Bonchev–Trinajstić information content (AvgIpc) is 3.57. The van der Waals surface area contributed by atoms with E-state index in [-0.39, 0.29) is 53.3 Å². The molecule has 0 saturated carbocycles. The molecule has 6 rings (SSSR count). The van der Waals surface area contributed by atoms with Gasteiger partial charge < -0.3 is 9.30 Å². The first-order valence-corrected chi connectivity index (χ1v) is 12.2. The Morgan fingerprint density at radius 2 is 1.88 bits per heavy atom. The van der Waals surface area contributed by atoms with Crippen LogP contribution in [0.25, 0.3) is 22.0 Å². The van der Waals surface area contributed by atoms with Crippen LogP contribution >= 0.6 is 0 Å². The first-order valence-electron chi connectivity index (χ1n) is 12.2. The molecule has 0 fully saturated rings. The summed E-state index contributed by atoms with van der Waals surface area (Å²) in [5, 5.41) is 4.08. The highest BCUT2D eigenvalue weighted by Gasteiger charge is 2.39. The molecule has 1 amide bonds. The van der Waals surface area contributed by atoms with Crippen LogP contribution in [0.2, 0.25) is 0 Å². The lowest BCUT2D eigenvalue weighted by molar-refractivity contribution is -0.140. The van der Waals surface area contributed by atoms with Crippen molar-refractivity contribution in [2.45, 2.75) is 19.1 Å². The van der Waals surface area contributed by atoms with Crippen molar-refractivity contribution in [3.63, 3.8) is 0 Å². The largest absolute Gasteiger partial charge is 0.494 e. The van der Waals surface area contributed by atoms with Gasteiger partial charge in [0.25, 0.3) is 5.91 Å². The van der Waals surface area contributed by atoms with E-state index in [9.17, 15) is 22.4 Å². The second kappa shape index (κ2) is 9.43. The summed E-state index contributed by atoms with van der Waals surface area (Å²) in [6.07, 6.45) is 3.00. The van der Waals surface area contributed by atoms with E-state index in [1.165, 1.54) is 43.7 Å². The number of hydrogen-bond acceptors (Lipinski definition) is 6. The van der Waals surface area contributed by atoms with Gasteiger partial charge in [-0.05, 0) is 41.3 Å². The Labute approximate surface area is 224 Å². The standard InChI is InChI=1S/C27H21F4N7O2/c1-36-12-20(24(35-36)27(29,30)31)17-7-15(11-37-6-4-32-14-37)8-18-16(17)3-5-38(26(18)39)25-19-9-23(40-2)21(28)10-22(19)33-13-34-25/h4,6-10,12-14H,3,5,11H2,1-2H3. The molecule has 4 heterocycles. The molecule has 9 nitrogen and oxygen atoms in total. The third kappa shape index (κ3) is 4.32. The first kappa shape index (κ1) is 25.5. The highest BCUT2D eigenvalue weighted by Crippen LogP contribution is 2.41. The van der Waals surface area contributed by atoms with E-state index in [1.807, 2.05) is 0 Å². The summed E-state index contributed by atoms with van der Waals surface area (Å²) in [6.45, 7) is 0.412. The maximum atomic E-state index is 14.3. The number of halogens is 4. The zero-order chi connectivity index (χ0) is 28.2. The number of alkyl halides is 3. The van der Waals surface area contributed by atoms with E-state index >= 15 is 0 Å². The van der Waals surface area contributed by atoms with Gasteiger partial charge in [-0.1, -0.05) is 0 Å². The average molecular weight is 552 g/mol. The smallest absolute Gasteiger partial charge is 0.435 e. The zero-order valence-corrected chi connectivity index (χ0v) is 21.3. The quantitative estimate of drug-likeness (QED) is 0.296. The van der Waals surface area contributed by atoms with Crippen molar-refractivity contribution in [2.75, 3.05) is 18.6 Å². The highest BCUT2D eigenvalue weighted by molar-refractivity contribution is 6.12. The molecule has 0 spiro atoms. The summed E-state index contributed by atoms with van der Waals surface area (Å²) in [4.78, 5) is 27.9. The summed E-state index contributed by atoms with van der Waals surface area (Å²) in [5.74, 6) is -0.844. The van der Waals surface area contributed by atoms with Crippen LogP contribution in [-0.4, -0.2) is 48.9 Å². The van der Waals surface area contributed by atoms with Gasteiger partial charge in [0, 0.05) is 61.3 Å². The molecule has 5 aromatic rings. The van der Waals surface area contributed by atoms with Crippen LogP contribution in [0.5, 0.6) is 5.75 Å². The molecule has 13 heteroatoms. The minimum Gasteiger partial charge on any atom is -0.494 e. The van der Waals surface area contributed by atoms with Gasteiger partial charge in [-0.25, -0.2) is 19.3 Å². The molecule has 3 aromatic heterocycles. The summed E-state index contributed by atoms with van der Waals surface area (Å²) in [6, 6.07) is 5.97. The van der Waals surface area contributed by atoms with Gasteiger partial charge >= 0.3 is 6.18 Å². The molecule has 0 bridgehead atoms. The number of hydrogen-bond donors (Lipinski definition) is 0. The van der Waals surface area contributed by atoms with Crippen LogP contribution in [0.3, 0.4) is 0 Å². The van der Waals surface area contributed by atoms with E-state index in [0.717, 1.165) is 4.68 Å². The molecular formula is C27H21F4N7O2. The number of nitrogens with zero attached hydrogens (tertiary/aromatic N) is 7. The third-order valence-corrected chi connectivity index (χ3v) is 6.83. The molecule has 40 heavy (non-hydrogen) atoms. The monoisotopic (exact) mass is 551 g/mol. The third-order valence-electron chi connectivity index (χ3n) is 6.83. The number of imidazole rings is 1. The van der Waals surface area contributed by atoms with E-state index in [1.54, 1.807) is 35.4 Å². The predicted molar refractivity (Wildman–Crippen MR) is 136 cm³/mol. The maximum Gasteiger partial charge on any atom is 0.435 e. The maximum absolute atomic E-state index is 14.3. The van der Waals surface area contributed by atoms with Gasteiger partial charge in [0.1, 0.15) is 12.1 Å². The molecule has 0 aliphatic carbocycles. The number of anilines is 1. The van der Waals surface area contributed by atoms with Crippen LogP contribution in [0.1, 0.15) is 27.2 Å². The molecule has 1 aliphatic heterocycles. The lowest BCUT2D eigenvalue weighted by Crippen LogP contribution is -2.38. The van der Waals surface area contributed by atoms with Crippen LogP contribution in [-0.2, 0) is 26.2 Å². The van der Waals surface area contributed by atoms with Crippen molar-refractivity contribution in [1.82, 2.24) is 29.3 Å². The Hall–Kier alpha value is -4.81. The lowest BCUT2D eigenvalue weighted by atomic mass is 9.88. The van der Waals surface area contributed by atoms with Crippen LogP contribution < -0.4 is 9.64 Å². The summed E-state index contributed by atoms with van der Waals surface area (Å²) < 4.78 is 64.2. The number of aryl methyl sites for hydroxylation is 1. The fourth-order valence-corrected chi connectivity index (χ4v) is 5.10. The molecule has 0 unspecified atom stereocenters.